The molecule has 9 nitrogen and oxygen atoms in total. The van der Waals surface area contributed by atoms with Crippen molar-refractivity contribution >= 4 is 11.9 Å². The molecule has 4 rings (SSSR count). The summed E-state index contributed by atoms with van der Waals surface area (Å²) in [5, 5.41) is 18.3. The molecule has 252 valence electrons. The maximum Gasteiger partial charge on any atom is 0.416 e. The van der Waals surface area contributed by atoms with Crippen LogP contribution in [0.3, 0.4) is 0 Å². The molecule has 3 aromatic carbocycles. The molecule has 0 saturated heterocycles. The summed E-state index contributed by atoms with van der Waals surface area (Å²) in [5.74, 6) is -0.325. The second-order valence-electron chi connectivity index (χ2n) is 11.2. The Labute approximate surface area is 275 Å². The Kier molecular flexibility index (Phi) is 11.4. The number of benzene rings is 3. The van der Waals surface area contributed by atoms with Gasteiger partial charge in [-0.15, -0.1) is 0 Å². The van der Waals surface area contributed by atoms with Gasteiger partial charge in [-0.1, -0.05) is 19.9 Å². The number of methoxy groups -OCH3 is 2. The summed E-state index contributed by atoms with van der Waals surface area (Å²) in [6.07, 6.45) is -1.73. The highest BCUT2D eigenvalue weighted by molar-refractivity contribution is 5.75. The summed E-state index contributed by atoms with van der Waals surface area (Å²) in [5.41, 5.74) is 1.41. The number of ether oxygens (including phenoxy) is 3. The highest BCUT2D eigenvalue weighted by Gasteiger charge is 2.31. The van der Waals surface area contributed by atoms with E-state index in [1.165, 1.54) is 38.7 Å². The molecule has 1 aromatic heterocycles. The standard InChI is InChI=1S/C35H34F4N4O5/c1-21(2)29-14-30(32(47-4)15-31(29)36)28-8-7-26(46-3)13-24(28)20-43(19-23-10-22(16-40)11-25(12-23)35(37,38)39)34-41-17-27(18-42-34)48-9-5-6-33(44)45/h7-8,10-15,17-18,21H,5-6,9,19-20H2,1-4H3,(H,44,45). The first-order valence-corrected chi connectivity index (χ1v) is 14.9. The van der Waals surface area contributed by atoms with Crippen LogP contribution >= 0.6 is 0 Å². The van der Waals surface area contributed by atoms with Crippen LogP contribution in [0.4, 0.5) is 23.5 Å². The number of anilines is 1. The van der Waals surface area contributed by atoms with Crippen LogP contribution in [0.5, 0.6) is 17.2 Å². The van der Waals surface area contributed by atoms with E-state index in [0.717, 1.165) is 12.1 Å². The second-order valence-corrected chi connectivity index (χ2v) is 11.2. The highest BCUT2D eigenvalue weighted by atomic mass is 19.4. The van der Waals surface area contributed by atoms with Gasteiger partial charge in [0.2, 0.25) is 5.95 Å². The third-order valence-corrected chi connectivity index (χ3v) is 7.43. The Hall–Kier alpha value is -5.38. The molecule has 1 N–H and O–H groups in total. The van der Waals surface area contributed by atoms with Crippen molar-refractivity contribution in [3.05, 3.63) is 94.6 Å². The highest BCUT2D eigenvalue weighted by Crippen LogP contribution is 2.39. The Bertz CT molecular complexity index is 1790. The van der Waals surface area contributed by atoms with E-state index >= 15 is 0 Å². The van der Waals surface area contributed by atoms with Crippen molar-refractivity contribution in [3.8, 4) is 34.4 Å². The molecule has 0 amide bonds. The maximum absolute atomic E-state index is 15.0. The summed E-state index contributed by atoms with van der Waals surface area (Å²) < 4.78 is 72.9. The Morgan fingerprint density at radius 3 is 2.31 bits per heavy atom. The van der Waals surface area contributed by atoms with Gasteiger partial charge in [-0.2, -0.15) is 18.4 Å². The van der Waals surface area contributed by atoms with E-state index in [-0.39, 0.29) is 67.0 Å². The number of hydrogen-bond acceptors (Lipinski definition) is 8. The van der Waals surface area contributed by atoms with E-state index < -0.39 is 23.5 Å². The van der Waals surface area contributed by atoms with Crippen LogP contribution in [-0.2, 0) is 24.1 Å². The summed E-state index contributed by atoms with van der Waals surface area (Å²) in [6.45, 7) is 3.76. The topological polar surface area (TPSA) is 118 Å². The Balaban J connectivity index is 1.81. The molecule has 0 radical (unpaired) electrons. The molecule has 4 aromatic rings. The van der Waals surface area contributed by atoms with Gasteiger partial charge in [-0.3, -0.25) is 4.79 Å². The van der Waals surface area contributed by atoms with Crippen molar-refractivity contribution in [1.29, 1.82) is 5.26 Å². The molecule has 0 fully saturated rings. The molecule has 0 aliphatic rings. The van der Waals surface area contributed by atoms with Crippen LogP contribution in [0.1, 0.15) is 60.4 Å². The molecule has 0 spiro atoms. The average molecular weight is 667 g/mol. The Morgan fingerprint density at radius 2 is 1.71 bits per heavy atom. The number of carbonyl (C=O) groups is 1. The van der Waals surface area contributed by atoms with Gasteiger partial charge in [-0.25, -0.2) is 14.4 Å². The fourth-order valence-corrected chi connectivity index (χ4v) is 5.08. The summed E-state index contributed by atoms with van der Waals surface area (Å²) in [7, 11) is 2.93. The zero-order valence-corrected chi connectivity index (χ0v) is 26.8. The minimum atomic E-state index is -4.68. The van der Waals surface area contributed by atoms with Crippen molar-refractivity contribution in [2.24, 2.45) is 0 Å². The lowest BCUT2D eigenvalue weighted by Gasteiger charge is -2.26. The van der Waals surface area contributed by atoms with E-state index in [1.54, 1.807) is 35.2 Å². The fourth-order valence-electron chi connectivity index (χ4n) is 5.08. The van der Waals surface area contributed by atoms with Crippen LogP contribution in [0.2, 0.25) is 0 Å². The smallest absolute Gasteiger partial charge is 0.416 e. The second kappa shape index (κ2) is 15.5. The van der Waals surface area contributed by atoms with Gasteiger partial charge in [0.05, 0.1) is 50.4 Å². The number of alkyl halides is 3. The number of aromatic nitrogens is 2. The van der Waals surface area contributed by atoms with Crippen LogP contribution in [0.25, 0.3) is 11.1 Å². The van der Waals surface area contributed by atoms with Crippen LogP contribution in [-0.4, -0.2) is 41.9 Å². The number of hydrogen-bond donors (Lipinski definition) is 1. The summed E-state index contributed by atoms with van der Waals surface area (Å²) >= 11 is 0. The first kappa shape index (κ1) is 35.5. The van der Waals surface area contributed by atoms with Gasteiger partial charge >= 0.3 is 12.1 Å². The van der Waals surface area contributed by atoms with E-state index in [1.807, 2.05) is 13.8 Å². The van der Waals surface area contributed by atoms with Crippen molar-refractivity contribution in [2.75, 3.05) is 25.7 Å². The van der Waals surface area contributed by atoms with Crippen LogP contribution < -0.4 is 19.1 Å². The molecule has 0 bridgehead atoms. The number of nitrogens with zero attached hydrogens (tertiary/aromatic N) is 4. The SMILES string of the molecule is COc1ccc(-c2cc(C(C)C)c(F)cc2OC)c(CN(Cc2cc(C#N)cc(C(F)(F)F)c2)c2ncc(OCCCC(=O)O)cn2)c1. The molecule has 0 atom stereocenters. The first-order valence-electron chi connectivity index (χ1n) is 14.9. The Morgan fingerprint density at radius 1 is 0.979 bits per heavy atom. The van der Waals surface area contributed by atoms with Gasteiger partial charge in [-0.05, 0) is 71.0 Å². The average Bonchev–Trinajstić information content (AvgIpc) is 3.05. The summed E-state index contributed by atoms with van der Waals surface area (Å²) in [4.78, 5) is 21.2. The minimum absolute atomic E-state index is 0.0427. The van der Waals surface area contributed by atoms with Crippen molar-refractivity contribution < 1.29 is 41.7 Å². The number of carboxylic acids is 1. The lowest BCUT2D eigenvalue weighted by atomic mass is 9.93. The van der Waals surface area contributed by atoms with Crippen LogP contribution in [0, 0.1) is 17.1 Å². The molecule has 1 heterocycles. The zero-order valence-electron chi connectivity index (χ0n) is 26.8. The number of carboxylic acid groups (broad SMARTS) is 1. The van der Waals surface area contributed by atoms with Crippen molar-refractivity contribution in [3.63, 3.8) is 0 Å². The largest absolute Gasteiger partial charge is 0.497 e. The number of aliphatic carboxylic acids is 1. The fraction of sp³-hybridized carbons (Fsp3) is 0.314. The number of rotatable bonds is 14. The monoisotopic (exact) mass is 666 g/mol. The molecular weight excluding hydrogens is 632 g/mol. The maximum atomic E-state index is 15.0. The number of halogens is 4. The molecule has 0 saturated carbocycles. The van der Waals surface area contributed by atoms with E-state index in [4.69, 9.17) is 19.3 Å². The lowest BCUT2D eigenvalue weighted by molar-refractivity contribution is -0.138. The van der Waals surface area contributed by atoms with Gasteiger partial charge in [0.15, 0.2) is 5.75 Å². The van der Waals surface area contributed by atoms with E-state index in [9.17, 15) is 27.6 Å². The van der Waals surface area contributed by atoms with Gasteiger partial charge in [0.1, 0.15) is 17.3 Å². The molecular formula is C35H34F4N4O5. The lowest BCUT2D eigenvalue weighted by Crippen LogP contribution is -2.25. The van der Waals surface area contributed by atoms with Crippen molar-refractivity contribution in [1.82, 2.24) is 9.97 Å². The molecule has 0 aliphatic carbocycles. The van der Waals surface area contributed by atoms with Crippen LogP contribution in [0.15, 0.2) is 60.9 Å². The molecule has 48 heavy (non-hydrogen) atoms. The van der Waals surface area contributed by atoms with E-state index in [0.29, 0.717) is 28.0 Å². The van der Waals surface area contributed by atoms with Gasteiger partial charge in [0, 0.05) is 31.1 Å². The van der Waals surface area contributed by atoms with Gasteiger partial charge < -0.3 is 24.2 Å². The zero-order chi connectivity index (χ0) is 35.0. The molecule has 13 heteroatoms. The van der Waals surface area contributed by atoms with Crippen molar-refractivity contribution in [2.45, 2.75) is 51.9 Å². The molecule has 0 unspecified atom stereocenters. The minimum Gasteiger partial charge on any atom is -0.497 e. The molecule has 0 aliphatic heterocycles. The first-order chi connectivity index (χ1) is 22.8. The van der Waals surface area contributed by atoms with E-state index in [2.05, 4.69) is 9.97 Å². The normalized spacial score (nSPS) is 11.2. The summed E-state index contributed by atoms with van der Waals surface area (Å²) in [6, 6.07) is 13.2. The third kappa shape index (κ3) is 8.90. The third-order valence-electron chi connectivity index (χ3n) is 7.43. The predicted octanol–water partition coefficient (Wildman–Crippen LogP) is 7.76. The number of nitriles is 1. The van der Waals surface area contributed by atoms with Gasteiger partial charge in [0.25, 0.3) is 0 Å². The predicted molar refractivity (Wildman–Crippen MR) is 169 cm³/mol. The quantitative estimate of drug-likeness (QED) is 0.106.